The molecule has 0 fully saturated rings. The van der Waals surface area contributed by atoms with Gasteiger partial charge in [-0.05, 0) is 55.8 Å². The van der Waals surface area contributed by atoms with Crippen molar-refractivity contribution in [3.05, 3.63) is 63.6 Å². The molecule has 0 aliphatic heterocycles. The Hall–Kier alpha value is -1.42. The highest BCUT2D eigenvalue weighted by Gasteiger charge is 2.12. The van der Waals surface area contributed by atoms with Gasteiger partial charge in [-0.25, -0.2) is 8.78 Å². The van der Waals surface area contributed by atoms with E-state index in [1.165, 1.54) is 18.2 Å². The van der Waals surface area contributed by atoms with Crippen molar-refractivity contribution >= 4 is 21.6 Å². The highest BCUT2D eigenvalue weighted by molar-refractivity contribution is 9.10. The maximum Gasteiger partial charge on any atom is 0.128 e. The molecule has 19 heavy (non-hydrogen) atoms. The molecule has 0 heterocycles. The van der Waals surface area contributed by atoms with Crippen LogP contribution < -0.4 is 5.32 Å². The molecule has 4 heteroatoms. The van der Waals surface area contributed by atoms with Crippen molar-refractivity contribution in [1.82, 2.24) is 0 Å². The number of rotatable bonds is 3. The molecule has 1 nitrogen and oxygen atoms in total. The molecule has 1 unspecified atom stereocenters. The molecule has 0 saturated heterocycles. The Morgan fingerprint density at radius 3 is 2.53 bits per heavy atom. The van der Waals surface area contributed by atoms with Crippen molar-refractivity contribution in [3.8, 4) is 0 Å². The summed E-state index contributed by atoms with van der Waals surface area (Å²) in [5.74, 6) is -0.535. The first-order valence-corrected chi connectivity index (χ1v) is 6.74. The van der Waals surface area contributed by atoms with E-state index in [0.717, 1.165) is 15.7 Å². The highest BCUT2D eigenvalue weighted by atomic mass is 79.9. The van der Waals surface area contributed by atoms with Gasteiger partial charge in [0.25, 0.3) is 0 Å². The molecule has 2 aromatic carbocycles. The first-order chi connectivity index (χ1) is 8.97. The summed E-state index contributed by atoms with van der Waals surface area (Å²) >= 11 is 3.33. The van der Waals surface area contributed by atoms with Gasteiger partial charge in [0.2, 0.25) is 0 Å². The SMILES string of the molecule is Cc1cc(F)ccc1NC(C)c1cc(Br)ccc1F. The van der Waals surface area contributed by atoms with Crippen LogP contribution in [0.1, 0.15) is 24.1 Å². The fourth-order valence-electron chi connectivity index (χ4n) is 1.95. The summed E-state index contributed by atoms with van der Waals surface area (Å²) in [6.07, 6.45) is 0. The Morgan fingerprint density at radius 2 is 1.84 bits per heavy atom. The third kappa shape index (κ3) is 3.32. The average Bonchev–Trinajstić information content (AvgIpc) is 2.35. The maximum absolute atomic E-state index is 13.8. The molecule has 0 spiro atoms. The van der Waals surface area contributed by atoms with Gasteiger partial charge in [0.1, 0.15) is 11.6 Å². The van der Waals surface area contributed by atoms with E-state index in [1.807, 2.05) is 13.8 Å². The van der Waals surface area contributed by atoms with E-state index in [9.17, 15) is 8.78 Å². The Morgan fingerprint density at radius 1 is 1.11 bits per heavy atom. The van der Waals surface area contributed by atoms with E-state index >= 15 is 0 Å². The largest absolute Gasteiger partial charge is 0.378 e. The van der Waals surface area contributed by atoms with Gasteiger partial charge >= 0.3 is 0 Å². The first kappa shape index (κ1) is 14.0. The van der Waals surface area contributed by atoms with Gasteiger partial charge in [-0.15, -0.1) is 0 Å². The van der Waals surface area contributed by atoms with Gasteiger partial charge in [0, 0.05) is 15.7 Å². The summed E-state index contributed by atoms with van der Waals surface area (Å²) in [4.78, 5) is 0. The predicted octanol–water partition coefficient (Wildman–Crippen LogP) is 5.21. The zero-order valence-electron chi connectivity index (χ0n) is 10.7. The molecule has 1 atom stereocenters. The number of nitrogens with one attached hydrogen (secondary N) is 1. The van der Waals surface area contributed by atoms with Crippen molar-refractivity contribution < 1.29 is 8.78 Å². The van der Waals surface area contributed by atoms with Gasteiger partial charge in [0.15, 0.2) is 0 Å². The standard InChI is InChI=1S/C15H14BrF2N/c1-9-7-12(17)4-6-15(9)19-10(2)13-8-11(16)3-5-14(13)18/h3-8,10,19H,1-2H3. The van der Waals surface area contributed by atoms with Crippen molar-refractivity contribution in [3.63, 3.8) is 0 Å². The molecular weight excluding hydrogens is 312 g/mol. The van der Waals surface area contributed by atoms with Crippen molar-refractivity contribution in [2.45, 2.75) is 19.9 Å². The molecule has 2 aromatic rings. The minimum Gasteiger partial charge on any atom is -0.378 e. The van der Waals surface area contributed by atoms with E-state index in [1.54, 1.807) is 18.2 Å². The predicted molar refractivity (Wildman–Crippen MR) is 77.3 cm³/mol. The second-order valence-electron chi connectivity index (χ2n) is 4.49. The van der Waals surface area contributed by atoms with Crippen LogP contribution in [0, 0.1) is 18.6 Å². The van der Waals surface area contributed by atoms with E-state index < -0.39 is 0 Å². The smallest absolute Gasteiger partial charge is 0.128 e. The lowest BCUT2D eigenvalue weighted by molar-refractivity contribution is 0.599. The van der Waals surface area contributed by atoms with Crippen molar-refractivity contribution in [1.29, 1.82) is 0 Å². The number of hydrogen-bond acceptors (Lipinski definition) is 1. The molecule has 0 saturated carbocycles. The monoisotopic (exact) mass is 325 g/mol. The third-order valence-electron chi connectivity index (χ3n) is 2.99. The average molecular weight is 326 g/mol. The summed E-state index contributed by atoms with van der Waals surface area (Å²) in [6.45, 7) is 3.68. The molecular formula is C15H14BrF2N. The van der Waals surface area contributed by atoms with Crippen LogP contribution in [0.2, 0.25) is 0 Å². The van der Waals surface area contributed by atoms with Gasteiger partial charge in [0.05, 0.1) is 6.04 Å². The van der Waals surface area contributed by atoms with Crippen LogP contribution in [0.5, 0.6) is 0 Å². The third-order valence-corrected chi connectivity index (χ3v) is 3.48. The maximum atomic E-state index is 13.8. The molecule has 0 radical (unpaired) electrons. The fourth-order valence-corrected chi connectivity index (χ4v) is 2.33. The van der Waals surface area contributed by atoms with Crippen LogP contribution in [-0.2, 0) is 0 Å². The second kappa shape index (κ2) is 5.70. The van der Waals surface area contributed by atoms with Gasteiger partial charge < -0.3 is 5.32 Å². The summed E-state index contributed by atoms with van der Waals surface area (Å²) in [5.41, 5.74) is 2.16. The Balaban J connectivity index is 2.25. The van der Waals surface area contributed by atoms with Gasteiger partial charge in [-0.1, -0.05) is 15.9 Å². The summed E-state index contributed by atoms with van der Waals surface area (Å²) in [6, 6.07) is 9.12. The minimum absolute atomic E-state index is 0.207. The van der Waals surface area contributed by atoms with Crippen LogP contribution >= 0.6 is 15.9 Å². The lowest BCUT2D eigenvalue weighted by Gasteiger charge is -2.18. The normalized spacial score (nSPS) is 12.3. The molecule has 1 N–H and O–H groups in total. The van der Waals surface area contributed by atoms with Crippen LogP contribution in [0.4, 0.5) is 14.5 Å². The molecule has 0 aliphatic rings. The molecule has 0 aromatic heterocycles. The van der Waals surface area contributed by atoms with E-state index in [2.05, 4.69) is 21.2 Å². The highest BCUT2D eigenvalue weighted by Crippen LogP contribution is 2.26. The number of benzene rings is 2. The quantitative estimate of drug-likeness (QED) is 0.816. The minimum atomic E-state index is -0.274. The summed E-state index contributed by atoms with van der Waals surface area (Å²) in [5, 5.41) is 3.19. The number of halogens is 3. The van der Waals surface area contributed by atoms with Gasteiger partial charge in [-0.3, -0.25) is 0 Å². The van der Waals surface area contributed by atoms with Gasteiger partial charge in [-0.2, -0.15) is 0 Å². The second-order valence-corrected chi connectivity index (χ2v) is 5.41. The Labute approximate surface area is 119 Å². The van der Waals surface area contributed by atoms with Crippen LogP contribution in [0.15, 0.2) is 40.9 Å². The van der Waals surface area contributed by atoms with E-state index in [0.29, 0.717) is 5.56 Å². The molecule has 0 bridgehead atoms. The summed E-state index contributed by atoms with van der Waals surface area (Å²) < 4.78 is 27.6. The van der Waals surface area contributed by atoms with E-state index in [4.69, 9.17) is 0 Å². The lowest BCUT2D eigenvalue weighted by Crippen LogP contribution is -2.09. The lowest BCUT2D eigenvalue weighted by atomic mass is 10.1. The van der Waals surface area contributed by atoms with Crippen LogP contribution in [-0.4, -0.2) is 0 Å². The molecule has 0 amide bonds. The van der Waals surface area contributed by atoms with Crippen molar-refractivity contribution in [2.24, 2.45) is 0 Å². The zero-order valence-corrected chi connectivity index (χ0v) is 12.3. The molecule has 2 rings (SSSR count). The number of anilines is 1. The van der Waals surface area contributed by atoms with Crippen molar-refractivity contribution in [2.75, 3.05) is 5.32 Å². The molecule has 100 valence electrons. The Bertz CT molecular complexity index is 599. The molecule has 0 aliphatic carbocycles. The Kier molecular flexibility index (Phi) is 4.20. The number of aryl methyl sites for hydroxylation is 1. The number of hydrogen-bond donors (Lipinski definition) is 1. The summed E-state index contributed by atoms with van der Waals surface area (Å²) in [7, 11) is 0. The first-order valence-electron chi connectivity index (χ1n) is 5.95. The van der Waals surface area contributed by atoms with E-state index in [-0.39, 0.29) is 17.7 Å². The fraction of sp³-hybridized carbons (Fsp3) is 0.200. The topological polar surface area (TPSA) is 12.0 Å². The zero-order chi connectivity index (χ0) is 14.0. The van der Waals surface area contributed by atoms with Crippen LogP contribution in [0.25, 0.3) is 0 Å². The van der Waals surface area contributed by atoms with Crippen LogP contribution in [0.3, 0.4) is 0 Å².